The van der Waals surface area contributed by atoms with Gasteiger partial charge in [-0.2, -0.15) is 11.8 Å². The van der Waals surface area contributed by atoms with Crippen LogP contribution in [-0.4, -0.2) is 40.3 Å². The highest BCUT2D eigenvalue weighted by Crippen LogP contribution is 2.50. The van der Waals surface area contributed by atoms with Crippen molar-refractivity contribution >= 4 is 29.1 Å². The molecule has 2 atom stereocenters. The van der Waals surface area contributed by atoms with Crippen LogP contribution >= 0.6 is 23.4 Å². The van der Waals surface area contributed by atoms with E-state index in [1.54, 1.807) is 11.8 Å². The quantitative estimate of drug-likeness (QED) is 0.607. The average Bonchev–Trinajstić information content (AvgIpc) is 3.03. The summed E-state index contributed by atoms with van der Waals surface area (Å²) in [6.07, 6.45) is 10.4. The fourth-order valence-electron chi connectivity index (χ4n) is 4.75. The normalized spacial score (nSPS) is 20.1. The molecule has 1 spiro atoms. The average molecular weight is 443 g/mol. The van der Waals surface area contributed by atoms with Crippen molar-refractivity contribution in [1.29, 1.82) is 0 Å². The standard InChI is InChI=1S/C24H31ClN4S/c1-16(5-6-19-14-26-23(27-15-19)17(2)30-4)29-11-9-24(10-12-29)18(3)28-22-8-7-20(25)13-21(22)24/h7-8,13-17,28H,3,5-6,9-12H2,1-2,4H3. The fraction of sp³-hybridized carbons (Fsp3) is 0.500. The molecule has 0 radical (unpaired) electrons. The van der Waals surface area contributed by atoms with Gasteiger partial charge in [-0.15, -0.1) is 0 Å². The number of anilines is 1. The lowest BCUT2D eigenvalue weighted by Crippen LogP contribution is -2.46. The molecule has 2 aromatic rings. The summed E-state index contributed by atoms with van der Waals surface area (Å²) in [4.78, 5) is 11.7. The van der Waals surface area contributed by atoms with Crippen LogP contribution < -0.4 is 5.32 Å². The Morgan fingerprint density at radius 3 is 2.60 bits per heavy atom. The van der Waals surface area contributed by atoms with Crippen molar-refractivity contribution in [2.24, 2.45) is 0 Å². The first-order chi connectivity index (χ1) is 14.4. The minimum Gasteiger partial charge on any atom is -0.358 e. The number of aromatic nitrogens is 2. The third-order valence-electron chi connectivity index (χ3n) is 6.93. The number of piperidine rings is 1. The molecule has 0 bridgehead atoms. The lowest BCUT2D eigenvalue weighted by atomic mass is 9.72. The van der Waals surface area contributed by atoms with Crippen molar-refractivity contribution in [3.05, 3.63) is 64.8 Å². The summed E-state index contributed by atoms with van der Waals surface area (Å²) in [7, 11) is 0. The molecular weight excluding hydrogens is 412 g/mol. The molecule has 4 rings (SSSR count). The Morgan fingerprint density at radius 2 is 1.93 bits per heavy atom. The first-order valence-corrected chi connectivity index (χ1v) is 12.4. The number of hydrogen-bond acceptors (Lipinski definition) is 5. The Labute approximate surface area is 189 Å². The van der Waals surface area contributed by atoms with Gasteiger partial charge in [0.05, 0.1) is 5.25 Å². The molecule has 1 aromatic heterocycles. The molecule has 1 saturated heterocycles. The highest BCUT2D eigenvalue weighted by molar-refractivity contribution is 7.98. The molecular formula is C24H31ClN4S. The summed E-state index contributed by atoms with van der Waals surface area (Å²) < 4.78 is 0. The van der Waals surface area contributed by atoms with Gasteiger partial charge in [-0.1, -0.05) is 18.2 Å². The smallest absolute Gasteiger partial charge is 0.140 e. The summed E-state index contributed by atoms with van der Waals surface area (Å²) in [6, 6.07) is 6.70. The molecule has 2 unspecified atom stereocenters. The number of benzene rings is 1. The van der Waals surface area contributed by atoms with Gasteiger partial charge in [0.15, 0.2) is 0 Å². The molecule has 160 valence electrons. The fourth-order valence-corrected chi connectivity index (χ4v) is 5.26. The number of rotatable bonds is 6. The van der Waals surface area contributed by atoms with Crippen LogP contribution in [0.3, 0.4) is 0 Å². The van der Waals surface area contributed by atoms with E-state index in [4.69, 9.17) is 11.6 Å². The van der Waals surface area contributed by atoms with Gasteiger partial charge >= 0.3 is 0 Å². The molecule has 3 heterocycles. The number of nitrogens with one attached hydrogen (secondary N) is 1. The van der Waals surface area contributed by atoms with Crippen LogP contribution in [0.5, 0.6) is 0 Å². The predicted molar refractivity (Wildman–Crippen MR) is 128 cm³/mol. The van der Waals surface area contributed by atoms with E-state index in [1.807, 2.05) is 18.5 Å². The van der Waals surface area contributed by atoms with Gasteiger partial charge in [-0.25, -0.2) is 9.97 Å². The van der Waals surface area contributed by atoms with Crippen LogP contribution in [0.25, 0.3) is 0 Å². The number of hydrogen-bond donors (Lipinski definition) is 1. The number of nitrogens with zero attached hydrogens (tertiary/aromatic N) is 3. The van der Waals surface area contributed by atoms with E-state index in [1.165, 1.54) is 16.8 Å². The van der Waals surface area contributed by atoms with Crippen LogP contribution in [-0.2, 0) is 11.8 Å². The molecule has 1 aromatic carbocycles. The van der Waals surface area contributed by atoms with Crippen LogP contribution in [0.15, 0.2) is 42.9 Å². The summed E-state index contributed by atoms with van der Waals surface area (Å²) in [5.74, 6) is 0.923. The third kappa shape index (κ3) is 4.12. The second-order valence-corrected chi connectivity index (χ2v) is 10.2. The Bertz CT molecular complexity index is 906. The Morgan fingerprint density at radius 1 is 1.23 bits per heavy atom. The molecule has 0 amide bonds. The first kappa shape index (κ1) is 21.7. The largest absolute Gasteiger partial charge is 0.358 e. The molecule has 6 heteroatoms. The lowest BCUT2D eigenvalue weighted by Gasteiger charge is -2.42. The van der Waals surface area contributed by atoms with Crippen molar-refractivity contribution in [3.63, 3.8) is 0 Å². The number of halogens is 1. The topological polar surface area (TPSA) is 41.0 Å². The zero-order valence-electron chi connectivity index (χ0n) is 18.1. The van der Waals surface area contributed by atoms with Crippen LogP contribution in [0.2, 0.25) is 5.02 Å². The zero-order valence-corrected chi connectivity index (χ0v) is 19.7. The Hall–Kier alpha value is -1.56. The third-order valence-corrected chi connectivity index (χ3v) is 8.08. The van der Waals surface area contributed by atoms with Crippen LogP contribution in [0.1, 0.15) is 55.3 Å². The van der Waals surface area contributed by atoms with Gasteiger partial charge in [-0.3, -0.25) is 0 Å². The molecule has 2 aliphatic heterocycles. The first-order valence-electron chi connectivity index (χ1n) is 10.8. The highest BCUT2D eigenvalue weighted by Gasteiger charge is 2.44. The van der Waals surface area contributed by atoms with Crippen molar-refractivity contribution in [2.75, 3.05) is 24.7 Å². The highest BCUT2D eigenvalue weighted by atomic mass is 35.5. The molecule has 4 nitrogen and oxygen atoms in total. The van der Waals surface area contributed by atoms with E-state index in [0.29, 0.717) is 11.3 Å². The molecule has 1 fully saturated rings. The summed E-state index contributed by atoms with van der Waals surface area (Å²) >= 11 is 8.08. The maximum atomic E-state index is 6.31. The van der Waals surface area contributed by atoms with E-state index in [0.717, 1.165) is 55.3 Å². The van der Waals surface area contributed by atoms with E-state index >= 15 is 0 Å². The number of fused-ring (bicyclic) bond motifs is 2. The maximum absolute atomic E-state index is 6.31. The van der Waals surface area contributed by atoms with E-state index in [2.05, 4.69) is 59.0 Å². The van der Waals surface area contributed by atoms with Crippen LogP contribution in [0, 0.1) is 0 Å². The van der Waals surface area contributed by atoms with E-state index < -0.39 is 0 Å². The molecule has 2 aliphatic rings. The van der Waals surface area contributed by atoms with Crippen molar-refractivity contribution in [3.8, 4) is 0 Å². The number of likely N-dealkylation sites (tertiary alicyclic amines) is 1. The SMILES string of the molecule is C=C1Nc2ccc(Cl)cc2C12CCN(C(C)CCc1cnc(C(C)SC)nc1)CC2. The molecule has 1 N–H and O–H groups in total. The summed E-state index contributed by atoms with van der Waals surface area (Å²) in [6.45, 7) is 11.0. The monoisotopic (exact) mass is 442 g/mol. The number of thioether (sulfide) groups is 1. The van der Waals surface area contributed by atoms with E-state index in [9.17, 15) is 0 Å². The Balaban J connectivity index is 1.34. The van der Waals surface area contributed by atoms with Gasteiger partial charge in [0.1, 0.15) is 5.82 Å². The predicted octanol–water partition coefficient (Wildman–Crippen LogP) is 5.85. The number of aryl methyl sites for hydroxylation is 1. The summed E-state index contributed by atoms with van der Waals surface area (Å²) in [5, 5.41) is 4.66. The zero-order chi connectivity index (χ0) is 21.3. The minimum absolute atomic E-state index is 0.0219. The summed E-state index contributed by atoms with van der Waals surface area (Å²) in [5.41, 5.74) is 4.87. The van der Waals surface area contributed by atoms with Crippen molar-refractivity contribution in [2.45, 2.75) is 56.2 Å². The molecule has 0 aliphatic carbocycles. The minimum atomic E-state index is 0.0219. The lowest BCUT2D eigenvalue weighted by molar-refractivity contribution is 0.133. The Kier molecular flexibility index (Phi) is 6.42. The van der Waals surface area contributed by atoms with Crippen molar-refractivity contribution in [1.82, 2.24) is 14.9 Å². The molecule has 30 heavy (non-hydrogen) atoms. The van der Waals surface area contributed by atoms with Crippen molar-refractivity contribution < 1.29 is 0 Å². The number of allylic oxidation sites excluding steroid dienone is 1. The van der Waals surface area contributed by atoms with Gasteiger partial charge in [0, 0.05) is 40.3 Å². The molecule has 0 saturated carbocycles. The van der Waals surface area contributed by atoms with Gasteiger partial charge in [-0.05, 0) is 88.2 Å². The maximum Gasteiger partial charge on any atom is 0.140 e. The van der Waals surface area contributed by atoms with Gasteiger partial charge < -0.3 is 10.2 Å². The van der Waals surface area contributed by atoms with Gasteiger partial charge in [0.2, 0.25) is 0 Å². The van der Waals surface area contributed by atoms with Gasteiger partial charge in [0.25, 0.3) is 0 Å². The van der Waals surface area contributed by atoms with Crippen LogP contribution in [0.4, 0.5) is 5.69 Å². The van der Waals surface area contributed by atoms with E-state index in [-0.39, 0.29) is 5.41 Å². The second-order valence-electron chi connectivity index (χ2n) is 8.63. The second kappa shape index (κ2) is 8.89.